The second kappa shape index (κ2) is 5.23. The summed E-state index contributed by atoms with van der Waals surface area (Å²) in [6.45, 7) is 3.86. The first-order chi connectivity index (χ1) is 7.43. The van der Waals surface area contributed by atoms with Gasteiger partial charge in [0.05, 0.1) is 4.47 Å². The second-order valence-corrected chi connectivity index (χ2v) is 4.92. The molecule has 16 heavy (non-hydrogen) atoms. The Balaban J connectivity index is 3.10. The molecule has 4 heteroatoms. The van der Waals surface area contributed by atoms with Gasteiger partial charge in [-0.3, -0.25) is 0 Å². The van der Waals surface area contributed by atoms with E-state index in [1.54, 1.807) is 0 Å². The molecule has 1 rings (SSSR count). The predicted octanol–water partition coefficient (Wildman–Crippen LogP) is 3.79. The standard InChI is InChI=1S/C12H16BrF2N/c1-3-12(16,4-2)7-8-10(14)6-5-9(13)11(8)15/h5-6H,3-4,7,16H2,1-2H3. The SMILES string of the molecule is CCC(N)(CC)Cc1c(F)ccc(Br)c1F. The molecular formula is C12H16BrF2N. The van der Waals surface area contributed by atoms with Crippen molar-refractivity contribution < 1.29 is 8.78 Å². The number of benzene rings is 1. The van der Waals surface area contributed by atoms with Crippen LogP contribution in [0.4, 0.5) is 8.78 Å². The molecule has 1 aromatic rings. The summed E-state index contributed by atoms with van der Waals surface area (Å²) in [5.41, 5.74) is 5.60. The zero-order valence-corrected chi connectivity index (χ0v) is 11.1. The number of hydrogen-bond donors (Lipinski definition) is 1. The Kier molecular flexibility index (Phi) is 4.44. The summed E-state index contributed by atoms with van der Waals surface area (Å²) in [6.07, 6.45) is 1.60. The van der Waals surface area contributed by atoms with Gasteiger partial charge in [0.25, 0.3) is 0 Å². The normalized spacial score (nSPS) is 11.9. The Morgan fingerprint density at radius 2 is 1.81 bits per heavy atom. The van der Waals surface area contributed by atoms with Gasteiger partial charge in [0, 0.05) is 11.1 Å². The molecule has 0 saturated heterocycles. The van der Waals surface area contributed by atoms with Gasteiger partial charge in [0.15, 0.2) is 0 Å². The Labute approximate surface area is 103 Å². The maximum absolute atomic E-state index is 13.7. The van der Waals surface area contributed by atoms with Crippen LogP contribution < -0.4 is 5.73 Å². The van der Waals surface area contributed by atoms with Gasteiger partial charge in [-0.1, -0.05) is 13.8 Å². The fourth-order valence-electron chi connectivity index (χ4n) is 1.58. The van der Waals surface area contributed by atoms with Crippen LogP contribution >= 0.6 is 15.9 Å². The summed E-state index contributed by atoms with van der Waals surface area (Å²) in [5, 5.41) is 0. The maximum atomic E-state index is 13.7. The maximum Gasteiger partial charge on any atom is 0.143 e. The Hall–Kier alpha value is -0.480. The first kappa shape index (κ1) is 13.6. The summed E-state index contributed by atoms with van der Waals surface area (Å²) >= 11 is 3.05. The molecule has 0 radical (unpaired) electrons. The molecule has 0 aliphatic carbocycles. The summed E-state index contributed by atoms with van der Waals surface area (Å²) in [7, 11) is 0. The van der Waals surface area contributed by atoms with Crippen LogP contribution in [0.25, 0.3) is 0 Å². The molecule has 0 atom stereocenters. The lowest BCUT2D eigenvalue weighted by atomic mass is 9.86. The molecule has 1 nitrogen and oxygen atoms in total. The molecule has 0 unspecified atom stereocenters. The highest BCUT2D eigenvalue weighted by Gasteiger charge is 2.25. The van der Waals surface area contributed by atoms with Gasteiger partial charge in [-0.15, -0.1) is 0 Å². The smallest absolute Gasteiger partial charge is 0.143 e. The van der Waals surface area contributed by atoms with E-state index >= 15 is 0 Å². The van der Waals surface area contributed by atoms with E-state index < -0.39 is 17.2 Å². The zero-order valence-electron chi connectivity index (χ0n) is 9.49. The van der Waals surface area contributed by atoms with Crippen molar-refractivity contribution in [1.29, 1.82) is 0 Å². The Bertz CT molecular complexity index is 376. The lowest BCUT2D eigenvalue weighted by molar-refractivity contribution is 0.378. The molecule has 0 amide bonds. The van der Waals surface area contributed by atoms with Crippen LogP contribution in [0.2, 0.25) is 0 Å². The lowest BCUT2D eigenvalue weighted by Gasteiger charge is -2.27. The van der Waals surface area contributed by atoms with Crippen molar-refractivity contribution >= 4 is 15.9 Å². The largest absolute Gasteiger partial charge is 0.325 e. The average Bonchev–Trinajstić information content (AvgIpc) is 2.29. The van der Waals surface area contributed by atoms with Crippen molar-refractivity contribution in [2.24, 2.45) is 5.73 Å². The van der Waals surface area contributed by atoms with Crippen molar-refractivity contribution in [3.05, 3.63) is 33.8 Å². The van der Waals surface area contributed by atoms with E-state index in [-0.39, 0.29) is 16.5 Å². The molecule has 0 fully saturated rings. The molecule has 0 aliphatic rings. The van der Waals surface area contributed by atoms with Gasteiger partial charge in [-0.05, 0) is 47.3 Å². The fourth-order valence-corrected chi connectivity index (χ4v) is 1.95. The molecule has 1 aromatic carbocycles. The van der Waals surface area contributed by atoms with Crippen LogP contribution in [0.15, 0.2) is 16.6 Å². The van der Waals surface area contributed by atoms with Crippen molar-refractivity contribution in [3.63, 3.8) is 0 Å². The van der Waals surface area contributed by atoms with Gasteiger partial charge < -0.3 is 5.73 Å². The number of hydrogen-bond acceptors (Lipinski definition) is 1. The first-order valence-electron chi connectivity index (χ1n) is 5.34. The average molecular weight is 292 g/mol. The summed E-state index contributed by atoms with van der Waals surface area (Å²) < 4.78 is 27.5. The minimum absolute atomic E-state index is 0.0700. The number of rotatable bonds is 4. The van der Waals surface area contributed by atoms with Crippen LogP contribution in [0, 0.1) is 11.6 Å². The lowest BCUT2D eigenvalue weighted by Crippen LogP contribution is -2.41. The highest BCUT2D eigenvalue weighted by molar-refractivity contribution is 9.10. The fraction of sp³-hybridized carbons (Fsp3) is 0.500. The van der Waals surface area contributed by atoms with Crippen LogP contribution in [0.1, 0.15) is 32.3 Å². The molecular weight excluding hydrogens is 276 g/mol. The molecule has 0 spiro atoms. The van der Waals surface area contributed by atoms with Crippen molar-refractivity contribution in [2.45, 2.75) is 38.6 Å². The van der Waals surface area contributed by atoms with Gasteiger partial charge >= 0.3 is 0 Å². The zero-order chi connectivity index (χ0) is 12.3. The highest BCUT2D eigenvalue weighted by atomic mass is 79.9. The third-order valence-corrected chi connectivity index (χ3v) is 3.69. The Morgan fingerprint density at radius 3 is 2.31 bits per heavy atom. The molecule has 0 bridgehead atoms. The van der Waals surface area contributed by atoms with Gasteiger partial charge in [0.1, 0.15) is 11.6 Å². The van der Waals surface area contributed by atoms with Crippen LogP contribution in [-0.2, 0) is 6.42 Å². The Morgan fingerprint density at radius 1 is 1.25 bits per heavy atom. The highest BCUT2D eigenvalue weighted by Crippen LogP contribution is 2.26. The van der Waals surface area contributed by atoms with Crippen LogP contribution in [0.3, 0.4) is 0 Å². The summed E-state index contributed by atoms with van der Waals surface area (Å²) in [4.78, 5) is 0. The van der Waals surface area contributed by atoms with E-state index in [1.807, 2.05) is 13.8 Å². The molecule has 2 N–H and O–H groups in total. The monoisotopic (exact) mass is 291 g/mol. The van der Waals surface area contributed by atoms with Gasteiger partial charge in [-0.2, -0.15) is 0 Å². The second-order valence-electron chi connectivity index (χ2n) is 4.07. The van der Waals surface area contributed by atoms with E-state index in [0.29, 0.717) is 12.8 Å². The molecule has 0 aliphatic heterocycles. The summed E-state index contributed by atoms with van der Waals surface area (Å²) in [5.74, 6) is -1.07. The van der Waals surface area contributed by atoms with Gasteiger partial charge in [0.2, 0.25) is 0 Å². The van der Waals surface area contributed by atoms with E-state index in [0.717, 1.165) is 0 Å². The predicted molar refractivity (Wildman–Crippen MR) is 65.3 cm³/mol. The minimum atomic E-state index is -0.545. The van der Waals surface area contributed by atoms with Crippen LogP contribution in [0.5, 0.6) is 0 Å². The topological polar surface area (TPSA) is 26.0 Å². The molecule has 0 saturated carbocycles. The molecule has 0 aromatic heterocycles. The first-order valence-corrected chi connectivity index (χ1v) is 6.14. The summed E-state index contributed by atoms with van der Waals surface area (Å²) in [6, 6.07) is 2.62. The number of halogens is 3. The van der Waals surface area contributed by atoms with E-state index in [9.17, 15) is 8.78 Å². The molecule has 90 valence electrons. The third-order valence-electron chi connectivity index (χ3n) is 3.08. The van der Waals surface area contributed by atoms with Gasteiger partial charge in [-0.25, -0.2) is 8.78 Å². The van der Waals surface area contributed by atoms with Crippen molar-refractivity contribution in [3.8, 4) is 0 Å². The molecule has 0 heterocycles. The van der Waals surface area contributed by atoms with E-state index in [4.69, 9.17) is 5.73 Å². The minimum Gasteiger partial charge on any atom is -0.325 e. The van der Waals surface area contributed by atoms with Crippen molar-refractivity contribution in [1.82, 2.24) is 0 Å². The number of nitrogens with two attached hydrogens (primary N) is 1. The van der Waals surface area contributed by atoms with Crippen LogP contribution in [-0.4, -0.2) is 5.54 Å². The van der Waals surface area contributed by atoms with E-state index in [1.165, 1.54) is 12.1 Å². The van der Waals surface area contributed by atoms with Crippen molar-refractivity contribution in [2.75, 3.05) is 0 Å². The van der Waals surface area contributed by atoms with E-state index in [2.05, 4.69) is 15.9 Å². The third kappa shape index (κ3) is 2.80. The quantitative estimate of drug-likeness (QED) is 0.840.